The lowest BCUT2D eigenvalue weighted by atomic mass is 10.2. The number of amides is 1. The molecule has 0 radical (unpaired) electrons. The van der Waals surface area contributed by atoms with Crippen LogP contribution in [0.1, 0.15) is 23.4 Å². The van der Waals surface area contributed by atoms with Gasteiger partial charge in [0.05, 0.1) is 0 Å². The van der Waals surface area contributed by atoms with E-state index in [2.05, 4.69) is 15.3 Å². The van der Waals surface area contributed by atoms with Crippen LogP contribution in [0.3, 0.4) is 0 Å². The van der Waals surface area contributed by atoms with Crippen molar-refractivity contribution in [1.82, 2.24) is 14.9 Å². The van der Waals surface area contributed by atoms with Gasteiger partial charge >= 0.3 is 0 Å². The molecule has 2 aromatic rings. The lowest BCUT2D eigenvalue weighted by Crippen LogP contribution is -2.33. The minimum Gasteiger partial charge on any atom is -0.342 e. The SMILES string of the molecule is Cc1cc(C)nc(NC2CCN(Cc3ccccc3)C2=O)n1. The average Bonchev–Trinajstić information content (AvgIpc) is 2.80. The molecule has 1 amide bonds. The van der Waals surface area contributed by atoms with Crippen LogP contribution in [0.15, 0.2) is 36.4 Å². The Kier molecular flexibility index (Phi) is 4.04. The van der Waals surface area contributed by atoms with Gasteiger partial charge in [0, 0.05) is 24.5 Å². The highest BCUT2D eigenvalue weighted by Gasteiger charge is 2.31. The normalized spacial score (nSPS) is 17.8. The van der Waals surface area contributed by atoms with Gasteiger partial charge in [0.25, 0.3) is 0 Å². The number of hydrogen-bond donors (Lipinski definition) is 1. The number of nitrogens with zero attached hydrogens (tertiary/aromatic N) is 3. The highest BCUT2D eigenvalue weighted by Crippen LogP contribution is 2.18. The molecule has 1 unspecified atom stereocenters. The predicted molar refractivity (Wildman–Crippen MR) is 85.4 cm³/mol. The van der Waals surface area contributed by atoms with E-state index in [4.69, 9.17) is 0 Å². The number of likely N-dealkylation sites (tertiary alicyclic amines) is 1. The quantitative estimate of drug-likeness (QED) is 0.940. The Balaban J connectivity index is 1.66. The van der Waals surface area contributed by atoms with E-state index in [0.717, 1.165) is 29.9 Å². The molecule has 3 rings (SSSR count). The molecule has 0 bridgehead atoms. The molecule has 1 aromatic carbocycles. The fourth-order valence-corrected chi connectivity index (χ4v) is 2.78. The number of nitrogens with one attached hydrogen (secondary N) is 1. The van der Waals surface area contributed by atoms with Gasteiger partial charge in [-0.2, -0.15) is 0 Å². The summed E-state index contributed by atoms with van der Waals surface area (Å²) in [6.45, 7) is 5.28. The second kappa shape index (κ2) is 6.13. The van der Waals surface area contributed by atoms with Crippen molar-refractivity contribution < 1.29 is 4.79 Å². The molecule has 2 heterocycles. The molecule has 1 N–H and O–H groups in total. The highest BCUT2D eigenvalue weighted by molar-refractivity contribution is 5.86. The van der Waals surface area contributed by atoms with Crippen molar-refractivity contribution in [2.45, 2.75) is 32.9 Å². The molecule has 0 aliphatic carbocycles. The summed E-state index contributed by atoms with van der Waals surface area (Å²) < 4.78 is 0. The summed E-state index contributed by atoms with van der Waals surface area (Å²) in [6.07, 6.45) is 0.780. The Hall–Kier alpha value is -2.43. The summed E-state index contributed by atoms with van der Waals surface area (Å²) in [6, 6.07) is 11.7. The Morgan fingerprint density at radius 3 is 2.55 bits per heavy atom. The smallest absolute Gasteiger partial charge is 0.245 e. The zero-order chi connectivity index (χ0) is 15.5. The Bertz CT molecular complexity index is 651. The molecule has 1 aliphatic heterocycles. The molecule has 0 saturated carbocycles. The molecular weight excluding hydrogens is 276 g/mol. The van der Waals surface area contributed by atoms with Gasteiger partial charge in [0.2, 0.25) is 11.9 Å². The highest BCUT2D eigenvalue weighted by atomic mass is 16.2. The van der Waals surface area contributed by atoms with Crippen molar-refractivity contribution in [3.05, 3.63) is 53.3 Å². The van der Waals surface area contributed by atoms with Gasteiger partial charge in [-0.3, -0.25) is 4.79 Å². The first-order valence-corrected chi connectivity index (χ1v) is 7.53. The minimum absolute atomic E-state index is 0.117. The number of rotatable bonds is 4. The lowest BCUT2D eigenvalue weighted by Gasteiger charge is -2.17. The number of benzene rings is 1. The average molecular weight is 296 g/mol. The number of anilines is 1. The number of hydrogen-bond acceptors (Lipinski definition) is 4. The van der Waals surface area contributed by atoms with Gasteiger partial charge < -0.3 is 10.2 Å². The van der Waals surface area contributed by atoms with Gasteiger partial charge in [-0.25, -0.2) is 9.97 Å². The Morgan fingerprint density at radius 2 is 1.86 bits per heavy atom. The molecule has 1 aromatic heterocycles. The summed E-state index contributed by atoms with van der Waals surface area (Å²) in [5, 5.41) is 3.17. The fraction of sp³-hybridized carbons (Fsp3) is 0.353. The van der Waals surface area contributed by atoms with Crippen LogP contribution in [0.2, 0.25) is 0 Å². The maximum atomic E-state index is 12.5. The van der Waals surface area contributed by atoms with E-state index in [1.54, 1.807) is 0 Å². The third-order valence-corrected chi connectivity index (χ3v) is 3.80. The van der Waals surface area contributed by atoms with Crippen molar-refractivity contribution in [1.29, 1.82) is 0 Å². The number of aromatic nitrogens is 2. The molecular formula is C17H20N4O. The first-order chi connectivity index (χ1) is 10.6. The predicted octanol–water partition coefficient (Wildman–Crippen LogP) is 2.31. The van der Waals surface area contributed by atoms with Crippen LogP contribution in [0, 0.1) is 13.8 Å². The van der Waals surface area contributed by atoms with E-state index in [-0.39, 0.29) is 11.9 Å². The first kappa shape index (κ1) is 14.5. The molecule has 1 saturated heterocycles. The van der Waals surface area contributed by atoms with Crippen LogP contribution in [0.5, 0.6) is 0 Å². The Labute approximate surface area is 130 Å². The zero-order valence-corrected chi connectivity index (χ0v) is 12.9. The number of aryl methyl sites for hydroxylation is 2. The monoisotopic (exact) mass is 296 g/mol. The van der Waals surface area contributed by atoms with E-state index in [0.29, 0.717) is 12.5 Å². The summed E-state index contributed by atoms with van der Waals surface area (Å²) in [7, 11) is 0. The van der Waals surface area contributed by atoms with Crippen molar-refractivity contribution in [2.24, 2.45) is 0 Å². The van der Waals surface area contributed by atoms with E-state index >= 15 is 0 Å². The lowest BCUT2D eigenvalue weighted by molar-refractivity contribution is -0.128. The van der Waals surface area contributed by atoms with E-state index in [1.165, 1.54) is 0 Å². The van der Waals surface area contributed by atoms with E-state index < -0.39 is 0 Å². The van der Waals surface area contributed by atoms with Crippen molar-refractivity contribution in [2.75, 3.05) is 11.9 Å². The van der Waals surface area contributed by atoms with Gasteiger partial charge in [-0.1, -0.05) is 30.3 Å². The third kappa shape index (κ3) is 3.24. The molecule has 1 fully saturated rings. The van der Waals surface area contributed by atoms with Gasteiger partial charge in [-0.05, 0) is 31.9 Å². The second-order valence-electron chi connectivity index (χ2n) is 5.71. The van der Waals surface area contributed by atoms with Crippen molar-refractivity contribution >= 4 is 11.9 Å². The fourth-order valence-electron chi connectivity index (χ4n) is 2.78. The maximum Gasteiger partial charge on any atom is 0.245 e. The second-order valence-corrected chi connectivity index (χ2v) is 5.71. The topological polar surface area (TPSA) is 58.1 Å². The van der Waals surface area contributed by atoms with Crippen LogP contribution in [-0.2, 0) is 11.3 Å². The van der Waals surface area contributed by atoms with Crippen LogP contribution in [0.25, 0.3) is 0 Å². The van der Waals surface area contributed by atoms with Crippen LogP contribution in [-0.4, -0.2) is 33.4 Å². The molecule has 1 aliphatic rings. The number of carbonyl (C=O) groups is 1. The standard InChI is InChI=1S/C17H20N4O/c1-12-10-13(2)19-17(18-12)20-15-8-9-21(16(15)22)11-14-6-4-3-5-7-14/h3-7,10,15H,8-9,11H2,1-2H3,(H,18,19,20). The van der Waals surface area contributed by atoms with Crippen molar-refractivity contribution in [3.8, 4) is 0 Å². The zero-order valence-electron chi connectivity index (χ0n) is 12.9. The van der Waals surface area contributed by atoms with Gasteiger partial charge in [-0.15, -0.1) is 0 Å². The van der Waals surface area contributed by atoms with Crippen LogP contribution >= 0.6 is 0 Å². The van der Waals surface area contributed by atoms with Gasteiger partial charge in [0.15, 0.2) is 0 Å². The Morgan fingerprint density at radius 1 is 1.18 bits per heavy atom. The molecule has 1 atom stereocenters. The molecule has 0 spiro atoms. The van der Waals surface area contributed by atoms with E-state index in [9.17, 15) is 4.79 Å². The minimum atomic E-state index is -0.232. The van der Waals surface area contributed by atoms with Crippen LogP contribution in [0.4, 0.5) is 5.95 Å². The first-order valence-electron chi connectivity index (χ1n) is 7.53. The summed E-state index contributed by atoms with van der Waals surface area (Å²) in [4.78, 5) is 23.1. The largest absolute Gasteiger partial charge is 0.342 e. The third-order valence-electron chi connectivity index (χ3n) is 3.80. The molecule has 114 valence electrons. The molecule has 22 heavy (non-hydrogen) atoms. The van der Waals surface area contributed by atoms with E-state index in [1.807, 2.05) is 55.1 Å². The van der Waals surface area contributed by atoms with Crippen LogP contribution < -0.4 is 5.32 Å². The maximum absolute atomic E-state index is 12.5. The summed E-state index contributed by atoms with van der Waals surface area (Å²) in [5.41, 5.74) is 2.96. The number of carbonyl (C=O) groups excluding carboxylic acids is 1. The van der Waals surface area contributed by atoms with Crippen molar-refractivity contribution in [3.63, 3.8) is 0 Å². The van der Waals surface area contributed by atoms with Gasteiger partial charge in [0.1, 0.15) is 6.04 Å². The molecule has 5 heteroatoms. The summed E-state index contributed by atoms with van der Waals surface area (Å²) in [5.74, 6) is 0.657. The summed E-state index contributed by atoms with van der Waals surface area (Å²) >= 11 is 0. The molecule has 5 nitrogen and oxygen atoms in total.